The summed E-state index contributed by atoms with van der Waals surface area (Å²) in [6.45, 7) is 1.94. The molecule has 0 radical (unpaired) electrons. The zero-order chi connectivity index (χ0) is 26.0. The van der Waals surface area contributed by atoms with Gasteiger partial charge in [-0.2, -0.15) is 9.78 Å². The lowest BCUT2D eigenvalue weighted by molar-refractivity contribution is 0.141. The predicted octanol–water partition coefficient (Wildman–Crippen LogP) is 4.87. The van der Waals surface area contributed by atoms with Gasteiger partial charge < -0.3 is 9.47 Å². The summed E-state index contributed by atoms with van der Waals surface area (Å²) in [7, 11) is 1.08. The average molecular weight is 560 g/mol. The van der Waals surface area contributed by atoms with Crippen LogP contribution in [0.25, 0.3) is 5.69 Å². The number of aromatic amines is 1. The maximum atomic E-state index is 13.1. The molecule has 0 spiro atoms. The molecule has 1 atom stereocenters. The monoisotopic (exact) mass is 559 g/mol. The van der Waals surface area contributed by atoms with Crippen LogP contribution in [0, 0.1) is 0 Å². The van der Waals surface area contributed by atoms with Crippen LogP contribution in [0.3, 0.4) is 0 Å². The molecule has 2 heterocycles. The number of pyridine rings is 1. The standard InChI is InChI=1S/C22H21Cl2F2N5O4S/c1-3-36(30-11-5-4-6-11)16-9-13(10-27-21(16)34-2)35-18-14(23)7-12(8-15(18)24)31-22(33)28-20(32)17(29-31)19(25)26/h3,7-11,19,30H,4-6H2,1-2H3,(H,28,32,33). The highest BCUT2D eigenvalue weighted by atomic mass is 35.5. The molecule has 9 nitrogen and oxygen atoms in total. The summed E-state index contributed by atoms with van der Waals surface area (Å²) in [4.78, 5) is 30.7. The van der Waals surface area contributed by atoms with Crippen LogP contribution in [-0.2, 0) is 0 Å². The Morgan fingerprint density at radius 3 is 2.50 bits per heavy atom. The number of nitrogens with zero attached hydrogens (tertiary/aromatic N) is 3. The van der Waals surface area contributed by atoms with E-state index in [1.54, 1.807) is 11.1 Å². The fraction of sp³-hybridized carbons (Fsp3) is 0.318. The van der Waals surface area contributed by atoms with Gasteiger partial charge in [0.2, 0.25) is 5.88 Å². The molecule has 2 aromatic heterocycles. The highest BCUT2D eigenvalue weighted by molar-refractivity contribution is 8.13. The number of aromatic nitrogens is 4. The lowest BCUT2D eigenvalue weighted by Crippen LogP contribution is -2.34. The molecule has 36 heavy (non-hydrogen) atoms. The minimum absolute atomic E-state index is 0.0259. The first kappa shape index (κ1) is 26.3. The molecule has 0 saturated heterocycles. The Bertz CT molecular complexity index is 1420. The van der Waals surface area contributed by atoms with Gasteiger partial charge in [-0.3, -0.25) is 14.5 Å². The van der Waals surface area contributed by atoms with E-state index in [4.69, 9.17) is 32.7 Å². The number of rotatable bonds is 8. The molecule has 3 aromatic rings. The van der Waals surface area contributed by atoms with Crippen LogP contribution in [-0.4, -0.2) is 38.3 Å². The molecule has 2 N–H and O–H groups in total. The smallest absolute Gasteiger partial charge is 0.349 e. The summed E-state index contributed by atoms with van der Waals surface area (Å²) in [5, 5.41) is 5.43. The van der Waals surface area contributed by atoms with Crippen molar-refractivity contribution in [3.05, 3.63) is 61.0 Å². The SMILES string of the molecule is C/C=S(/NC1CCC1)c1cc(Oc2c(Cl)cc(-n3nc(C(F)F)c(=O)[nH]c3=O)cc2Cl)cnc1OC. The van der Waals surface area contributed by atoms with E-state index < -0.39 is 34.0 Å². The van der Waals surface area contributed by atoms with Gasteiger partial charge in [-0.1, -0.05) is 40.3 Å². The summed E-state index contributed by atoms with van der Waals surface area (Å²) < 4.78 is 41.7. The van der Waals surface area contributed by atoms with Gasteiger partial charge in [0.15, 0.2) is 11.4 Å². The molecule has 1 saturated carbocycles. The van der Waals surface area contributed by atoms with E-state index in [9.17, 15) is 18.4 Å². The Hall–Kier alpha value is -2.80. The largest absolute Gasteiger partial charge is 0.480 e. The topological polar surface area (TPSA) is 111 Å². The zero-order valence-electron chi connectivity index (χ0n) is 19.1. The fourth-order valence-electron chi connectivity index (χ4n) is 3.36. The van der Waals surface area contributed by atoms with Gasteiger partial charge in [0.1, 0.15) is 5.75 Å². The van der Waals surface area contributed by atoms with Crippen molar-refractivity contribution in [3.8, 4) is 23.1 Å². The van der Waals surface area contributed by atoms with Crippen molar-refractivity contribution in [1.29, 1.82) is 0 Å². The lowest BCUT2D eigenvalue weighted by Gasteiger charge is -2.28. The van der Waals surface area contributed by atoms with E-state index in [-0.39, 0.29) is 21.5 Å². The molecule has 14 heteroatoms. The van der Waals surface area contributed by atoms with Crippen molar-refractivity contribution in [2.24, 2.45) is 0 Å². The van der Waals surface area contributed by atoms with Crippen molar-refractivity contribution >= 4 is 39.2 Å². The number of benzene rings is 1. The third-order valence-electron chi connectivity index (χ3n) is 5.37. The summed E-state index contributed by atoms with van der Waals surface area (Å²) in [5.41, 5.74) is -3.46. The molecule has 1 aromatic carbocycles. The lowest BCUT2D eigenvalue weighted by atomic mass is 9.94. The van der Waals surface area contributed by atoms with Gasteiger partial charge in [-0.25, -0.2) is 18.6 Å². The first-order valence-corrected chi connectivity index (χ1v) is 12.8. The second-order valence-electron chi connectivity index (χ2n) is 7.70. The second kappa shape index (κ2) is 11.1. The first-order valence-electron chi connectivity index (χ1n) is 10.7. The minimum Gasteiger partial charge on any atom is -0.480 e. The number of methoxy groups -OCH3 is 1. The molecule has 1 unspecified atom stereocenters. The van der Waals surface area contributed by atoms with Gasteiger partial charge >= 0.3 is 5.69 Å². The van der Waals surface area contributed by atoms with Crippen molar-refractivity contribution in [2.45, 2.75) is 43.5 Å². The maximum absolute atomic E-state index is 13.1. The summed E-state index contributed by atoms with van der Waals surface area (Å²) in [6, 6.07) is 4.70. The normalized spacial score (nSPS) is 14.6. The molecular formula is C22H21Cl2F2N5O4S. The number of alkyl halides is 2. The van der Waals surface area contributed by atoms with Crippen LogP contribution in [0.2, 0.25) is 10.0 Å². The Morgan fingerprint density at radius 1 is 1.25 bits per heavy atom. The number of halogens is 4. The van der Waals surface area contributed by atoms with E-state index in [1.807, 2.05) is 12.3 Å². The highest BCUT2D eigenvalue weighted by Gasteiger charge is 2.22. The third-order valence-corrected chi connectivity index (χ3v) is 7.75. The highest BCUT2D eigenvalue weighted by Crippen LogP contribution is 2.41. The van der Waals surface area contributed by atoms with Crippen LogP contribution in [0.15, 0.2) is 38.9 Å². The number of nitrogens with one attached hydrogen (secondary N) is 2. The Labute approximate surface area is 216 Å². The van der Waals surface area contributed by atoms with Crippen LogP contribution in [0.4, 0.5) is 8.78 Å². The third kappa shape index (κ3) is 5.46. The fourth-order valence-corrected chi connectivity index (χ4v) is 5.59. The Kier molecular flexibility index (Phi) is 8.08. The second-order valence-corrected chi connectivity index (χ2v) is 10.3. The Balaban J connectivity index is 1.68. The van der Waals surface area contributed by atoms with Gasteiger partial charge in [0.05, 0.1) is 33.9 Å². The van der Waals surface area contributed by atoms with E-state index in [0.29, 0.717) is 22.4 Å². The van der Waals surface area contributed by atoms with Crippen molar-refractivity contribution in [3.63, 3.8) is 0 Å². The summed E-state index contributed by atoms with van der Waals surface area (Å²) in [5.74, 6) is 0.830. The molecule has 0 aliphatic heterocycles. The molecule has 1 aliphatic rings. The van der Waals surface area contributed by atoms with Crippen molar-refractivity contribution in [1.82, 2.24) is 24.5 Å². The minimum atomic E-state index is -3.19. The zero-order valence-corrected chi connectivity index (χ0v) is 21.4. The summed E-state index contributed by atoms with van der Waals surface area (Å²) in [6.07, 6.45) is 1.66. The average Bonchev–Trinajstić information content (AvgIpc) is 2.80. The van der Waals surface area contributed by atoms with Crippen molar-refractivity contribution < 1.29 is 18.3 Å². The number of hydrogen-bond donors (Lipinski definition) is 2. The number of ether oxygens (including phenoxy) is 2. The molecule has 1 fully saturated rings. The summed E-state index contributed by atoms with van der Waals surface area (Å²) >= 11 is 12.7. The number of hydrogen-bond acceptors (Lipinski definition) is 7. The molecule has 192 valence electrons. The molecule has 0 bridgehead atoms. The van der Waals surface area contributed by atoms with Crippen LogP contribution >= 0.6 is 33.9 Å². The van der Waals surface area contributed by atoms with E-state index in [0.717, 1.165) is 17.7 Å². The van der Waals surface area contributed by atoms with Crippen molar-refractivity contribution in [2.75, 3.05) is 7.11 Å². The number of H-pyrrole nitrogens is 1. The Morgan fingerprint density at radius 2 is 1.94 bits per heavy atom. The molecular weight excluding hydrogens is 539 g/mol. The quantitative estimate of drug-likeness (QED) is 0.379. The maximum Gasteiger partial charge on any atom is 0.349 e. The molecule has 1 aliphatic carbocycles. The van der Waals surface area contributed by atoms with E-state index in [2.05, 4.69) is 14.8 Å². The first-order chi connectivity index (χ1) is 17.2. The van der Waals surface area contributed by atoms with Crippen LogP contribution in [0.5, 0.6) is 17.4 Å². The van der Waals surface area contributed by atoms with Gasteiger partial charge in [-0.05, 0) is 37.3 Å². The van der Waals surface area contributed by atoms with Crippen LogP contribution in [0.1, 0.15) is 38.3 Å². The van der Waals surface area contributed by atoms with Crippen LogP contribution < -0.4 is 25.4 Å². The molecule has 4 rings (SSSR count). The van der Waals surface area contributed by atoms with Gasteiger partial charge in [0.25, 0.3) is 12.0 Å². The van der Waals surface area contributed by atoms with E-state index >= 15 is 0 Å². The van der Waals surface area contributed by atoms with E-state index in [1.165, 1.54) is 31.9 Å². The predicted molar refractivity (Wildman–Crippen MR) is 135 cm³/mol. The van der Waals surface area contributed by atoms with Gasteiger partial charge in [0, 0.05) is 12.1 Å². The molecule has 0 amide bonds. The van der Waals surface area contributed by atoms with Gasteiger partial charge in [-0.15, -0.1) is 0 Å².